The predicted molar refractivity (Wildman–Crippen MR) is 68.8 cm³/mol. The van der Waals surface area contributed by atoms with E-state index in [-0.39, 0.29) is 5.41 Å². The lowest BCUT2D eigenvalue weighted by molar-refractivity contribution is 0.590. The first-order valence-corrected chi connectivity index (χ1v) is 5.55. The molecule has 0 fully saturated rings. The maximum atomic E-state index is 8.73. The molecule has 0 radical (unpaired) electrons. The average molecular weight is 216 g/mol. The van der Waals surface area contributed by atoms with Crippen LogP contribution in [-0.2, 0) is 5.41 Å². The molecule has 1 rings (SSSR count). The first-order valence-electron chi connectivity index (χ1n) is 5.55. The molecule has 0 saturated carbocycles. The molecular weight excluding hydrogens is 196 g/mol. The SMILES string of the molecule is Cc1ccc(C(C)(C)C)cc1N(C)CC#N. The Labute approximate surface area is 98.5 Å². The number of nitriles is 1. The Morgan fingerprint density at radius 2 is 1.94 bits per heavy atom. The molecule has 0 bridgehead atoms. The summed E-state index contributed by atoms with van der Waals surface area (Å²) in [5.74, 6) is 0. The van der Waals surface area contributed by atoms with E-state index < -0.39 is 0 Å². The Kier molecular flexibility index (Phi) is 3.59. The number of benzene rings is 1. The largest absolute Gasteiger partial charge is 0.361 e. The number of nitrogens with zero attached hydrogens (tertiary/aromatic N) is 2. The Hall–Kier alpha value is -1.49. The third-order valence-electron chi connectivity index (χ3n) is 2.79. The van der Waals surface area contributed by atoms with Gasteiger partial charge in [-0.1, -0.05) is 32.9 Å². The first-order chi connectivity index (χ1) is 7.36. The van der Waals surface area contributed by atoms with E-state index in [0.29, 0.717) is 6.54 Å². The van der Waals surface area contributed by atoms with Gasteiger partial charge in [0.1, 0.15) is 6.54 Å². The van der Waals surface area contributed by atoms with Gasteiger partial charge in [0.15, 0.2) is 0 Å². The van der Waals surface area contributed by atoms with E-state index in [1.165, 1.54) is 11.1 Å². The Morgan fingerprint density at radius 3 is 2.44 bits per heavy atom. The molecule has 0 spiro atoms. The van der Waals surface area contributed by atoms with Crippen molar-refractivity contribution in [2.24, 2.45) is 0 Å². The molecule has 0 N–H and O–H groups in total. The molecule has 0 unspecified atom stereocenters. The highest BCUT2D eigenvalue weighted by Gasteiger charge is 2.15. The minimum absolute atomic E-state index is 0.149. The summed E-state index contributed by atoms with van der Waals surface area (Å²) in [4.78, 5) is 1.99. The monoisotopic (exact) mass is 216 g/mol. The summed E-state index contributed by atoms with van der Waals surface area (Å²) in [7, 11) is 1.96. The van der Waals surface area contributed by atoms with Crippen LogP contribution in [0.5, 0.6) is 0 Å². The smallest absolute Gasteiger partial charge is 0.105 e. The lowest BCUT2D eigenvalue weighted by Crippen LogP contribution is -2.19. The fraction of sp³-hybridized carbons (Fsp3) is 0.500. The molecule has 0 atom stereocenters. The molecule has 2 nitrogen and oxygen atoms in total. The predicted octanol–water partition coefficient (Wildman–Crippen LogP) is 3.25. The van der Waals surface area contributed by atoms with Gasteiger partial charge >= 0.3 is 0 Å². The number of rotatable bonds is 2. The van der Waals surface area contributed by atoms with Gasteiger partial charge in [-0.3, -0.25) is 0 Å². The summed E-state index contributed by atoms with van der Waals surface area (Å²) in [5, 5.41) is 8.73. The molecule has 0 aliphatic carbocycles. The van der Waals surface area contributed by atoms with Crippen LogP contribution in [0.2, 0.25) is 0 Å². The molecular formula is C14H20N2. The van der Waals surface area contributed by atoms with Crippen molar-refractivity contribution < 1.29 is 0 Å². The van der Waals surface area contributed by atoms with Crippen LogP contribution in [0.4, 0.5) is 5.69 Å². The van der Waals surface area contributed by atoms with Gasteiger partial charge in [-0.2, -0.15) is 5.26 Å². The summed E-state index contributed by atoms with van der Waals surface area (Å²) in [5.41, 5.74) is 3.81. The molecule has 86 valence electrons. The van der Waals surface area contributed by atoms with Crippen molar-refractivity contribution in [1.29, 1.82) is 5.26 Å². The van der Waals surface area contributed by atoms with Crippen LogP contribution in [0.3, 0.4) is 0 Å². The van der Waals surface area contributed by atoms with Crippen LogP contribution in [0.15, 0.2) is 18.2 Å². The zero-order valence-corrected chi connectivity index (χ0v) is 10.8. The second-order valence-electron chi connectivity index (χ2n) is 5.27. The third-order valence-corrected chi connectivity index (χ3v) is 2.79. The van der Waals surface area contributed by atoms with Gasteiger partial charge in [0.05, 0.1) is 6.07 Å². The molecule has 1 aromatic rings. The van der Waals surface area contributed by atoms with Crippen LogP contribution < -0.4 is 4.90 Å². The van der Waals surface area contributed by atoms with Crippen LogP contribution in [0, 0.1) is 18.3 Å². The Balaban J connectivity index is 3.15. The Bertz CT molecular complexity index is 408. The van der Waals surface area contributed by atoms with Crippen LogP contribution in [0.1, 0.15) is 31.9 Å². The van der Waals surface area contributed by atoms with Gasteiger partial charge in [0, 0.05) is 12.7 Å². The fourth-order valence-electron chi connectivity index (χ4n) is 1.68. The van der Waals surface area contributed by atoms with Gasteiger partial charge < -0.3 is 4.90 Å². The number of hydrogen-bond donors (Lipinski definition) is 0. The third kappa shape index (κ3) is 2.76. The minimum Gasteiger partial charge on any atom is -0.361 e. The van der Waals surface area contributed by atoms with Crippen molar-refractivity contribution in [1.82, 2.24) is 0 Å². The zero-order chi connectivity index (χ0) is 12.3. The summed E-state index contributed by atoms with van der Waals surface area (Å²) < 4.78 is 0. The van der Waals surface area contributed by atoms with Gasteiger partial charge in [-0.25, -0.2) is 0 Å². The van der Waals surface area contributed by atoms with Crippen molar-refractivity contribution in [3.05, 3.63) is 29.3 Å². The fourth-order valence-corrected chi connectivity index (χ4v) is 1.68. The highest BCUT2D eigenvalue weighted by molar-refractivity contribution is 5.56. The van der Waals surface area contributed by atoms with Gasteiger partial charge in [0.25, 0.3) is 0 Å². The van der Waals surface area contributed by atoms with Gasteiger partial charge in [0.2, 0.25) is 0 Å². The molecule has 0 aliphatic heterocycles. The number of aryl methyl sites for hydroxylation is 1. The van der Waals surface area contributed by atoms with Gasteiger partial charge in [-0.05, 0) is 29.5 Å². The summed E-state index contributed by atoms with van der Waals surface area (Å²) in [6.07, 6.45) is 0. The molecule has 0 saturated heterocycles. The highest BCUT2D eigenvalue weighted by Crippen LogP contribution is 2.28. The van der Waals surface area contributed by atoms with Crippen LogP contribution in [0.25, 0.3) is 0 Å². The van der Waals surface area contributed by atoms with Crippen molar-refractivity contribution >= 4 is 5.69 Å². The summed E-state index contributed by atoms with van der Waals surface area (Å²) in [6.45, 7) is 9.10. The van der Waals surface area contributed by atoms with Crippen LogP contribution >= 0.6 is 0 Å². The zero-order valence-electron chi connectivity index (χ0n) is 10.8. The molecule has 0 aliphatic rings. The molecule has 0 amide bonds. The highest BCUT2D eigenvalue weighted by atomic mass is 15.1. The molecule has 16 heavy (non-hydrogen) atoms. The van der Waals surface area contributed by atoms with E-state index in [1.54, 1.807) is 0 Å². The van der Waals surface area contributed by atoms with E-state index in [2.05, 4.69) is 52.0 Å². The van der Waals surface area contributed by atoms with E-state index in [9.17, 15) is 0 Å². The second kappa shape index (κ2) is 4.57. The average Bonchev–Trinajstić information content (AvgIpc) is 2.16. The molecule has 2 heteroatoms. The maximum absolute atomic E-state index is 8.73. The molecule has 0 heterocycles. The summed E-state index contributed by atoms with van der Waals surface area (Å²) in [6, 6.07) is 8.66. The normalized spacial score (nSPS) is 11.0. The molecule has 0 aromatic heterocycles. The first kappa shape index (κ1) is 12.6. The lowest BCUT2D eigenvalue weighted by Gasteiger charge is -2.24. The van der Waals surface area contributed by atoms with Crippen molar-refractivity contribution in [2.75, 3.05) is 18.5 Å². The second-order valence-corrected chi connectivity index (χ2v) is 5.27. The van der Waals surface area contributed by atoms with Crippen molar-refractivity contribution in [2.45, 2.75) is 33.1 Å². The summed E-state index contributed by atoms with van der Waals surface area (Å²) >= 11 is 0. The molecule has 1 aromatic carbocycles. The standard InChI is InChI=1S/C14H20N2/c1-11-6-7-12(14(2,3)4)10-13(11)16(5)9-8-15/h6-7,10H,9H2,1-5H3. The van der Waals surface area contributed by atoms with E-state index in [1.807, 2.05) is 11.9 Å². The minimum atomic E-state index is 0.149. The number of anilines is 1. The Morgan fingerprint density at radius 1 is 1.31 bits per heavy atom. The number of hydrogen-bond acceptors (Lipinski definition) is 2. The van der Waals surface area contributed by atoms with E-state index >= 15 is 0 Å². The quantitative estimate of drug-likeness (QED) is 0.709. The van der Waals surface area contributed by atoms with E-state index in [0.717, 1.165) is 5.69 Å². The topological polar surface area (TPSA) is 27.0 Å². The van der Waals surface area contributed by atoms with E-state index in [4.69, 9.17) is 5.26 Å². The van der Waals surface area contributed by atoms with Crippen LogP contribution in [-0.4, -0.2) is 13.6 Å². The van der Waals surface area contributed by atoms with Crippen molar-refractivity contribution in [3.63, 3.8) is 0 Å². The van der Waals surface area contributed by atoms with Crippen molar-refractivity contribution in [3.8, 4) is 6.07 Å². The lowest BCUT2D eigenvalue weighted by atomic mass is 9.86. The maximum Gasteiger partial charge on any atom is 0.105 e. The van der Waals surface area contributed by atoms with Gasteiger partial charge in [-0.15, -0.1) is 0 Å².